The summed E-state index contributed by atoms with van der Waals surface area (Å²) in [5.74, 6) is 0.893. The van der Waals surface area contributed by atoms with Gasteiger partial charge in [0.25, 0.3) is 0 Å². The average molecular weight is 233 g/mol. The molecule has 2 unspecified atom stereocenters. The molecule has 0 amide bonds. The molecular formula is C12H15N3O2. The summed E-state index contributed by atoms with van der Waals surface area (Å²) in [5.41, 5.74) is 2.37. The van der Waals surface area contributed by atoms with Crippen molar-refractivity contribution >= 4 is 11.2 Å². The third-order valence-electron chi connectivity index (χ3n) is 3.18. The van der Waals surface area contributed by atoms with Gasteiger partial charge in [-0.25, -0.2) is 4.98 Å². The van der Waals surface area contributed by atoms with Crippen molar-refractivity contribution in [3.63, 3.8) is 0 Å². The second kappa shape index (κ2) is 4.09. The highest BCUT2D eigenvalue weighted by atomic mass is 16.5. The predicted octanol–water partition coefficient (Wildman–Crippen LogP) is 1.23. The number of ether oxygens (including phenoxy) is 1. The first kappa shape index (κ1) is 10.7. The van der Waals surface area contributed by atoms with Gasteiger partial charge in [-0.1, -0.05) is 0 Å². The first-order valence-electron chi connectivity index (χ1n) is 5.77. The van der Waals surface area contributed by atoms with E-state index in [0.29, 0.717) is 18.9 Å². The summed E-state index contributed by atoms with van der Waals surface area (Å²) in [6.07, 6.45) is 0. The fraction of sp³-hybridized carbons (Fsp3) is 0.500. The van der Waals surface area contributed by atoms with E-state index in [2.05, 4.69) is 15.3 Å². The maximum absolute atomic E-state index is 5.75. The van der Waals surface area contributed by atoms with E-state index in [1.165, 1.54) is 0 Å². The molecule has 0 aliphatic carbocycles. The van der Waals surface area contributed by atoms with Gasteiger partial charge in [-0.05, 0) is 26.1 Å². The standard InChI is InChI=1S/C12H15N3O2/c1-7-3-4-10-11(14-7)15-12(17-10)8-5-16-6-9(8)13-2/h3-4,8-9,13H,5-6H2,1-2H3. The molecule has 5 nitrogen and oxygen atoms in total. The van der Waals surface area contributed by atoms with E-state index in [0.717, 1.165) is 17.2 Å². The molecule has 2 aromatic heterocycles. The number of nitrogens with zero attached hydrogens (tertiary/aromatic N) is 2. The maximum Gasteiger partial charge on any atom is 0.204 e. The van der Waals surface area contributed by atoms with Crippen molar-refractivity contribution in [3.05, 3.63) is 23.7 Å². The molecule has 1 saturated heterocycles. The van der Waals surface area contributed by atoms with Crippen LogP contribution in [0.1, 0.15) is 17.5 Å². The van der Waals surface area contributed by atoms with E-state index in [1.807, 2.05) is 26.1 Å². The number of rotatable bonds is 2. The maximum atomic E-state index is 5.75. The zero-order chi connectivity index (χ0) is 11.8. The van der Waals surface area contributed by atoms with E-state index >= 15 is 0 Å². The normalized spacial score (nSPS) is 24.6. The Morgan fingerprint density at radius 1 is 1.29 bits per heavy atom. The van der Waals surface area contributed by atoms with Crippen molar-refractivity contribution in [1.29, 1.82) is 0 Å². The number of fused-ring (bicyclic) bond motifs is 1. The Hall–Kier alpha value is -1.46. The lowest BCUT2D eigenvalue weighted by Gasteiger charge is -2.12. The third-order valence-corrected chi connectivity index (χ3v) is 3.18. The second-order valence-corrected chi connectivity index (χ2v) is 4.37. The van der Waals surface area contributed by atoms with Crippen LogP contribution < -0.4 is 5.32 Å². The van der Waals surface area contributed by atoms with Crippen LogP contribution >= 0.6 is 0 Å². The van der Waals surface area contributed by atoms with E-state index in [4.69, 9.17) is 9.15 Å². The molecule has 1 aliphatic heterocycles. The lowest BCUT2D eigenvalue weighted by molar-refractivity contribution is 0.186. The van der Waals surface area contributed by atoms with Gasteiger partial charge in [0.15, 0.2) is 11.2 Å². The fourth-order valence-electron chi connectivity index (χ4n) is 2.17. The molecule has 0 radical (unpaired) electrons. The summed E-state index contributed by atoms with van der Waals surface area (Å²) < 4.78 is 11.2. The Balaban J connectivity index is 2.00. The molecule has 0 aromatic carbocycles. The van der Waals surface area contributed by atoms with Crippen LogP contribution in [-0.2, 0) is 4.74 Å². The molecule has 0 saturated carbocycles. The summed E-state index contributed by atoms with van der Waals surface area (Å²) in [6.45, 7) is 3.30. The monoisotopic (exact) mass is 233 g/mol. The number of likely N-dealkylation sites (N-methyl/N-ethyl adjacent to an activating group) is 1. The van der Waals surface area contributed by atoms with Crippen molar-refractivity contribution in [2.45, 2.75) is 18.9 Å². The van der Waals surface area contributed by atoms with Crippen molar-refractivity contribution < 1.29 is 9.15 Å². The average Bonchev–Trinajstić information content (AvgIpc) is 2.93. The Morgan fingerprint density at radius 3 is 3.00 bits per heavy atom. The summed E-state index contributed by atoms with van der Waals surface area (Å²) >= 11 is 0. The molecule has 90 valence electrons. The summed E-state index contributed by atoms with van der Waals surface area (Å²) in [7, 11) is 1.93. The molecule has 3 heterocycles. The number of aromatic nitrogens is 2. The molecule has 1 fully saturated rings. The van der Waals surface area contributed by atoms with Crippen molar-refractivity contribution in [2.24, 2.45) is 0 Å². The smallest absolute Gasteiger partial charge is 0.204 e. The minimum absolute atomic E-state index is 0.175. The molecule has 0 spiro atoms. The van der Waals surface area contributed by atoms with Gasteiger partial charge < -0.3 is 14.5 Å². The van der Waals surface area contributed by atoms with Gasteiger partial charge in [0.05, 0.1) is 19.1 Å². The molecule has 2 aromatic rings. The van der Waals surface area contributed by atoms with Crippen LogP contribution in [0.4, 0.5) is 0 Å². The van der Waals surface area contributed by atoms with Gasteiger partial charge >= 0.3 is 0 Å². The van der Waals surface area contributed by atoms with Gasteiger partial charge in [-0.3, -0.25) is 0 Å². The van der Waals surface area contributed by atoms with Gasteiger partial charge in [0.1, 0.15) is 0 Å². The topological polar surface area (TPSA) is 60.2 Å². The van der Waals surface area contributed by atoms with Crippen LogP contribution in [0, 0.1) is 6.92 Å². The summed E-state index contributed by atoms with van der Waals surface area (Å²) in [4.78, 5) is 8.81. The largest absolute Gasteiger partial charge is 0.438 e. The van der Waals surface area contributed by atoms with Gasteiger partial charge in [0, 0.05) is 11.7 Å². The third kappa shape index (κ3) is 1.81. The van der Waals surface area contributed by atoms with Crippen LogP contribution in [0.15, 0.2) is 16.5 Å². The zero-order valence-corrected chi connectivity index (χ0v) is 9.93. The predicted molar refractivity (Wildman–Crippen MR) is 62.9 cm³/mol. The van der Waals surface area contributed by atoms with Crippen LogP contribution in [0.2, 0.25) is 0 Å². The summed E-state index contributed by atoms with van der Waals surface area (Å²) in [5, 5.41) is 3.22. The first-order chi connectivity index (χ1) is 8.28. The number of pyridine rings is 1. The van der Waals surface area contributed by atoms with Gasteiger partial charge in [-0.2, -0.15) is 4.98 Å². The quantitative estimate of drug-likeness (QED) is 0.845. The number of oxazole rings is 1. The van der Waals surface area contributed by atoms with Crippen LogP contribution in [0.5, 0.6) is 0 Å². The first-order valence-corrected chi connectivity index (χ1v) is 5.77. The minimum Gasteiger partial charge on any atom is -0.438 e. The van der Waals surface area contributed by atoms with Gasteiger partial charge in [-0.15, -0.1) is 0 Å². The minimum atomic E-state index is 0.175. The fourth-order valence-corrected chi connectivity index (χ4v) is 2.17. The molecule has 3 rings (SSSR count). The van der Waals surface area contributed by atoms with Crippen molar-refractivity contribution in [3.8, 4) is 0 Å². The van der Waals surface area contributed by atoms with Crippen LogP contribution in [0.3, 0.4) is 0 Å². The Bertz CT molecular complexity index is 538. The Morgan fingerprint density at radius 2 is 2.18 bits per heavy atom. The van der Waals surface area contributed by atoms with E-state index in [9.17, 15) is 0 Å². The molecule has 5 heteroatoms. The number of aryl methyl sites for hydroxylation is 1. The molecular weight excluding hydrogens is 218 g/mol. The van der Waals surface area contributed by atoms with Crippen molar-refractivity contribution in [2.75, 3.05) is 20.3 Å². The number of hydrogen-bond donors (Lipinski definition) is 1. The molecule has 2 atom stereocenters. The highest BCUT2D eigenvalue weighted by Gasteiger charge is 2.32. The zero-order valence-electron chi connectivity index (χ0n) is 9.93. The lowest BCUT2D eigenvalue weighted by atomic mass is 10.0. The van der Waals surface area contributed by atoms with Crippen molar-refractivity contribution in [1.82, 2.24) is 15.3 Å². The Labute approximate surface area is 99.2 Å². The summed E-state index contributed by atoms with van der Waals surface area (Å²) in [6, 6.07) is 4.11. The number of nitrogens with one attached hydrogen (secondary N) is 1. The highest BCUT2D eigenvalue weighted by molar-refractivity contribution is 5.67. The SMILES string of the molecule is CNC1COCC1c1nc2nc(C)ccc2o1. The molecule has 1 N–H and O–H groups in total. The number of hydrogen-bond acceptors (Lipinski definition) is 5. The molecule has 0 bridgehead atoms. The molecule has 17 heavy (non-hydrogen) atoms. The second-order valence-electron chi connectivity index (χ2n) is 4.37. The van der Waals surface area contributed by atoms with E-state index in [-0.39, 0.29) is 12.0 Å². The van der Waals surface area contributed by atoms with Crippen LogP contribution in [0.25, 0.3) is 11.2 Å². The lowest BCUT2D eigenvalue weighted by Crippen LogP contribution is -2.31. The highest BCUT2D eigenvalue weighted by Crippen LogP contribution is 2.27. The van der Waals surface area contributed by atoms with Crippen LogP contribution in [-0.4, -0.2) is 36.3 Å². The van der Waals surface area contributed by atoms with E-state index < -0.39 is 0 Å². The molecule has 1 aliphatic rings. The van der Waals surface area contributed by atoms with Gasteiger partial charge in [0.2, 0.25) is 5.89 Å². The Kier molecular flexibility index (Phi) is 2.57. The van der Waals surface area contributed by atoms with E-state index in [1.54, 1.807) is 0 Å².